The van der Waals surface area contributed by atoms with Gasteiger partial charge in [0.15, 0.2) is 0 Å². The van der Waals surface area contributed by atoms with Crippen LogP contribution in [0.4, 0.5) is 0 Å². The Kier molecular flexibility index (Phi) is 4.19. The Labute approximate surface area is 104 Å². The van der Waals surface area contributed by atoms with Crippen LogP contribution in [-0.4, -0.2) is 18.8 Å². The molecule has 2 heteroatoms. The molecule has 1 aromatic carbocycles. The van der Waals surface area contributed by atoms with E-state index in [0.717, 1.165) is 6.54 Å². The van der Waals surface area contributed by atoms with Gasteiger partial charge in [-0.15, -0.1) is 0 Å². The molecule has 0 aliphatic carbocycles. The predicted octanol–water partition coefficient (Wildman–Crippen LogP) is 3.21. The first-order chi connectivity index (χ1) is 8.15. The van der Waals surface area contributed by atoms with Gasteiger partial charge in [-0.05, 0) is 39.2 Å². The van der Waals surface area contributed by atoms with Crippen molar-refractivity contribution in [1.82, 2.24) is 5.32 Å². The second-order valence-corrected chi connectivity index (χ2v) is 5.19. The molecule has 2 rings (SSSR count). The highest BCUT2D eigenvalue weighted by Crippen LogP contribution is 2.19. The van der Waals surface area contributed by atoms with Crippen LogP contribution >= 0.6 is 0 Å². The molecule has 0 aromatic heterocycles. The van der Waals surface area contributed by atoms with E-state index in [4.69, 9.17) is 4.74 Å². The van der Waals surface area contributed by atoms with E-state index in [1.807, 2.05) is 0 Å². The summed E-state index contributed by atoms with van der Waals surface area (Å²) in [5.41, 5.74) is 2.66. The molecule has 0 amide bonds. The quantitative estimate of drug-likeness (QED) is 0.862. The third kappa shape index (κ3) is 3.55. The number of hydrogen-bond acceptors (Lipinski definition) is 2. The van der Waals surface area contributed by atoms with Crippen molar-refractivity contribution in [3.05, 3.63) is 35.4 Å². The lowest BCUT2D eigenvalue weighted by Crippen LogP contribution is -2.29. The Hall–Kier alpha value is -0.860. The standard InChI is InChI=1S/C15H23NO/c1-11-4-7-14(8-5-11)13(3)16-10-15-9-6-12(2)17-15/h4-5,7-8,12-13,15-16H,6,9-10H2,1-3H3/t12?,13-,15?/m1/s1. The molecular weight excluding hydrogens is 210 g/mol. The smallest absolute Gasteiger partial charge is 0.0704 e. The van der Waals surface area contributed by atoms with Gasteiger partial charge in [0, 0.05) is 12.6 Å². The second kappa shape index (κ2) is 5.65. The van der Waals surface area contributed by atoms with Gasteiger partial charge in [0.25, 0.3) is 0 Å². The molecular formula is C15H23NO. The number of nitrogens with one attached hydrogen (secondary N) is 1. The van der Waals surface area contributed by atoms with E-state index in [9.17, 15) is 0 Å². The third-order valence-electron chi connectivity index (χ3n) is 3.55. The van der Waals surface area contributed by atoms with Gasteiger partial charge in [0.05, 0.1) is 12.2 Å². The summed E-state index contributed by atoms with van der Waals surface area (Å²) in [5.74, 6) is 0. The Balaban J connectivity index is 1.81. The summed E-state index contributed by atoms with van der Waals surface area (Å²) >= 11 is 0. The van der Waals surface area contributed by atoms with Crippen LogP contribution in [0, 0.1) is 6.92 Å². The highest BCUT2D eigenvalue weighted by atomic mass is 16.5. The lowest BCUT2D eigenvalue weighted by Gasteiger charge is -2.18. The summed E-state index contributed by atoms with van der Waals surface area (Å²) in [7, 11) is 0. The van der Waals surface area contributed by atoms with Gasteiger partial charge < -0.3 is 10.1 Å². The van der Waals surface area contributed by atoms with Gasteiger partial charge in [0.1, 0.15) is 0 Å². The number of benzene rings is 1. The summed E-state index contributed by atoms with van der Waals surface area (Å²) in [6, 6.07) is 9.13. The van der Waals surface area contributed by atoms with E-state index < -0.39 is 0 Å². The molecule has 2 unspecified atom stereocenters. The fourth-order valence-corrected chi connectivity index (χ4v) is 2.32. The molecule has 1 aliphatic heterocycles. The summed E-state index contributed by atoms with van der Waals surface area (Å²) in [5, 5.41) is 3.56. The van der Waals surface area contributed by atoms with Crippen LogP contribution in [0.5, 0.6) is 0 Å². The van der Waals surface area contributed by atoms with E-state index >= 15 is 0 Å². The summed E-state index contributed by atoms with van der Waals surface area (Å²) in [6.45, 7) is 7.45. The highest BCUT2D eigenvalue weighted by Gasteiger charge is 2.21. The maximum absolute atomic E-state index is 5.80. The summed E-state index contributed by atoms with van der Waals surface area (Å²) in [6.07, 6.45) is 3.23. The van der Waals surface area contributed by atoms with E-state index in [1.54, 1.807) is 0 Å². The minimum absolute atomic E-state index is 0.398. The molecule has 1 N–H and O–H groups in total. The molecule has 1 fully saturated rings. The molecule has 2 nitrogen and oxygen atoms in total. The average molecular weight is 233 g/mol. The zero-order chi connectivity index (χ0) is 12.3. The maximum atomic E-state index is 5.80. The van der Waals surface area contributed by atoms with E-state index in [2.05, 4.69) is 50.4 Å². The van der Waals surface area contributed by atoms with Crippen LogP contribution in [0.1, 0.15) is 43.9 Å². The molecule has 3 atom stereocenters. The molecule has 1 saturated heterocycles. The van der Waals surface area contributed by atoms with Crippen molar-refractivity contribution in [2.75, 3.05) is 6.54 Å². The maximum Gasteiger partial charge on any atom is 0.0704 e. The van der Waals surface area contributed by atoms with Crippen LogP contribution in [0.3, 0.4) is 0 Å². The SMILES string of the molecule is Cc1ccc([C@@H](C)NCC2CCC(C)O2)cc1. The van der Waals surface area contributed by atoms with Crippen LogP contribution in [-0.2, 0) is 4.74 Å². The lowest BCUT2D eigenvalue weighted by atomic mass is 10.1. The van der Waals surface area contributed by atoms with E-state index in [0.29, 0.717) is 18.2 Å². The van der Waals surface area contributed by atoms with Gasteiger partial charge in [-0.3, -0.25) is 0 Å². The minimum atomic E-state index is 0.398. The van der Waals surface area contributed by atoms with Crippen molar-refractivity contribution in [2.45, 2.75) is 51.9 Å². The van der Waals surface area contributed by atoms with Crippen molar-refractivity contribution in [3.8, 4) is 0 Å². The normalized spacial score (nSPS) is 26.1. The molecule has 1 aromatic rings. The fraction of sp³-hybridized carbons (Fsp3) is 0.600. The molecule has 1 aliphatic rings. The molecule has 0 saturated carbocycles. The minimum Gasteiger partial charge on any atom is -0.374 e. The first-order valence-electron chi connectivity index (χ1n) is 6.60. The first kappa shape index (κ1) is 12.6. The van der Waals surface area contributed by atoms with E-state index in [1.165, 1.54) is 24.0 Å². The van der Waals surface area contributed by atoms with Crippen LogP contribution in [0.15, 0.2) is 24.3 Å². The molecule has 17 heavy (non-hydrogen) atoms. The average Bonchev–Trinajstić information content (AvgIpc) is 2.73. The van der Waals surface area contributed by atoms with E-state index in [-0.39, 0.29) is 0 Å². The fourth-order valence-electron chi connectivity index (χ4n) is 2.32. The largest absolute Gasteiger partial charge is 0.374 e. The van der Waals surface area contributed by atoms with Crippen molar-refractivity contribution >= 4 is 0 Å². The van der Waals surface area contributed by atoms with Crippen LogP contribution < -0.4 is 5.32 Å². The van der Waals surface area contributed by atoms with Gasteiger partial charge >= 0.3 is 0 Å². The monoisotopic (exact) mass is 233 g/mol. The predicted molar refractivity (Wildman–Crippen MR) is 71.2 cm³/mol. The van der Waals surface area contributed by atoms with Crippen molar-refractivity contribution in [1.29, 1.82) is 0 Å². The third-order valence-corrected chi connectivity index (χ3v) is 3.55. The number of rotatable bonds is 4. The van der Waals surface area contributed by atoms with Gasteiger partial charge in [-0.1, -0.05) is 29.8 Å². The molecule has 1 heterocycles. The highest BCUT2D eigenvalue weighted by molar-refractivity contribution is 5.23. The molecule has 94 valence electrons. The zero-order valence-corrected chi connectivity index (χ0v) is 11.1. The number of aryl methyl sites for hydroxylation is 1. The van der Waals surface area contributed by atoms with Crippen molar-refractivity contribution < 1.29 is 4.74 Å². The Morgan fingerprint density at radius 1 is 1.29 bits per heavy atom. The van der Waals surface area contributed by atoms with Gasteiger partial charge in [-0.25, -0.2) is 0 Å². The van der Waals surface area contributed by atoms with Crippen LogP contribution in [0.2, 0.25) is 0 Å². The Bertz CT molecular complexity index is 346. The van der Waals surface area contributed by atoms with Gasteiger partial charge in [0.2, 0.25) is 0 Å². The number of ether oxygens (including phenoxy) is 1. The first-order valence-corrected chi connectivity index (χ1v) is 6.60. The van der Waals surface area contributed by atoms with Crippen molar-refractivity contribution in [2.24, 2.45) is 0 Å². The molecule has 0 spiro atoms. The van der Waals surface area contributed by atoms with Gasteiger partial charge in [-0.2, -0.15) is 0 Å². The Morgan fingerprint density at radius 2 is 2.00 bits per heavy atom. The van der Waals surface area contributed by atoms with Crippen LogP contribution in [0.25, 0.3) is 0 Å². The topological polar surface area (TPSA) is 21.3 Å². The van der Waals surface area contributed by atoms with Crippen molar-refractivity contribution in [3.63, 3.8) is 0 Å². The zero-order valence-electron chi connectivity index (χ0n) is 11.1. The Morgan fingerprint density at radius 3 is 2.59 bits per heavy atom. The lowest BCUT2D eigenvalue weighted by molar-refractivity contribution is 0.0546. The summed E-state index contributed by atoms with van der Waals surface area (Å²) in [4.78, 5) is 0. The number of hydrogen-bond donors (Lipinski definition) is 1. The second-order valence-electron chi connectivity index (χ2n) is 5.19. The summed E-state index contributed by atoms with van der Waals surface area (Å²) < 4.78 is 5.80. The molecule has 0 radical (unpaired) electrons. The molecule has 0 bridgehead atoms.